The Hall–Kier alpha value is -2.23. The highest BCUT2D eigenvalue weighted by atomic mass is 19.3. The SMILES string of the molecule is O=C(NCC(F)(F)CO)c1c(F)ccc([N+](=O)[O-])c1F. The quantitative estimate of drug-likeness (QED) is 0.485. The van der Waals surface area contributed by atoms with Gasteiger partial charge < -0.3 is 10.4 Å². The first-order valence-electron chi connectivity index (χ1n) is 5.09. The number of aliphatic hydroxyl groups excluding tert-OH is 1. The largest absolute Gasteiger partial charge is 0.390 e. The number of benzene rings is 1. The first-order chi connectivity index (χ1) is 9.19. The summed E-state index contributed by atoms with van der Waals surface area (Å²) in [5.74, 6) is -8.46. The first-order valence-corrected chi connectivity index (χ1v) is 5.09. The number of nitro groups is 1. The summed E-state index contributed by atoms with van der Waals surface area (Å²) >= 11 is 0. The normalized spacial score (nSPS) is 11.2. The highest BCUT2D eigenvalue weighted by Gasteiger charge is 2.31. The molecule has 0 heterocycles. The predicted octanol–water partition coefficient (Wildman–Crippen LogP) is 1.23. The van der Waals surface area contributed by atoms with E-state index >= 15 is 0 Å². The summed E-state index contributed by atoms with van der Waals surface area (Å²) in [7, 11) is 0. The van der Waals surface area contributed by atoms with E-state index in [1.165, 1.54) is 5.32 Å². The van der Waals surface area contributed by atoms with E-state index in [0.29, 0.717) is 12.1 Å². The van der Waals surface area contributed by atoms with E-state index in [4.69, 9.17) is 5.11 Å². The van der Waals surface area contributed by atoms with E-state index in [9.17, 15) is 32.5 Å². The van der Waals surface area contributed by atoms with Crippen LogP contribution in [0, 0.1) is 21.7 Å². The molecule has 0 aromatic heterocycles. The molecule has 0 atom stereocenters. The Morgan fingerprint density at radius 2 is 2.00 bits per heavy atom. The molecule has 0 aliphatic heterocycles. The number of hydrogen-bond acceptors (Lipinski definition) is 4. The third kappa shape index (κ3) is 3.41. The highest BCUT2D eigenvalue weighted by molar-refractivity contribution is 5.95. The molecule has 1 aromatic carbocycles. The van der Waals surface area contributed by atoms with Crippen LogP contribution in [0.2, 0.25) is 0 Å². The van der Waals surface area contributed by atoms with Gasteiger partial charge in [0, 0.05) is 6.07 Å². The van der Waals surface area contributed by atoms with Crippen molar-refractivity contribution in [2.24, 2.45) is 0 Å². The molecule has 0 spiro atoms. The summed E-state index contributed by atoms with van der Waals surface area (Å²) in [6.45, 7) is -2.95. The van der Waals surface area contributed by atoms with Gasteiger partial charge in [-0.05, 0) is 6.07 Å². The fourth-order valence-electron chi connectivity index (χ4n) is 1.24. The standard InChI is InChI=1S/C10H8F4N2O4/c11-5-1-2-6(16(19)20)8(12)7(5)9(18)15-3-10(13,14)4-17/h1-2,17H,3-4H2,(H,15,18). The van der Waals surface area contributed by atoms with E-state index in [0.717, 1.165) is 0 Å². The van der Waals surface area contributed by atoms with E-state index in [1.54, 1.807) is 0 Å². The zero-order valence-corrected chi connectivity index (χ0v) is 9.70. The van der Waals surface area contributed by atoms with Crippen LogP contribution < -0.4 is 5.32 Å². The van der Waals surface area contributed by atoms with Crippen molar-refractivity contribution >= 4 is 11.6 Å². The van der Waals surface area contributed by atoms with Gasteiger partial charge in [-0.25, -0.2) is 13.2 Å². The molecule has 0 aliphatic rings. The summed E-state index contributed by atoms with van der Waals surface area (Å²) in [5, 5.41) is 20.2. The Morgan fingerprint density at radius 1 is 1.40 bits per heavy atom. The number of hydrogen-bond donors (Lipinski definition) is 2. The van der Waals surface area contributed by atoms with Gasteiger partial charge in [-0.2, -0.15) is 4.39 Å². The highest BCUT2D eigenvalue weighted by Crippen LogP contribution is 2.23. The van der Waals surface area contributed by atoms with E-state index in [-0.39, 0.29) is 0 Å². The van der Waals surface area contributed by atoms with Crippen molar-refractivity contribution in [3.05, 3.63) is 39.4 Å². The molecule has 20 heavy (non-hydrogen) atoms. The maximum absolute atomic E-state index is 13.6. The van der Waals surface area contributed by atoms with Crippen LogP contribution in [0.4, 0.5) is 23.2 Å². The Kier molecular flexibility index (Phi) is 4.61. The number of rotatable bonds is 5. The van der Waals surface area contributed by atoms with Crippen molar-refractivity contribution in [1.29, 1.82) is 0 Å². The molecule has 0 saturated carbocycles. The van der Waals surface area contributed by atoms with Crippen molar-refractivity contribution in [1.82, 2.24) is 5.32 Å². The zero-order valence-electron chi connectivity index (χ0n) is 9.70. The average Bonchev–Trinajstić information content (AvgIpc) is 2.36. The van der Waals surface area contributed by atoms with Gasteiger partial charge in [0.25, 0.3) is 11.8 Å². The summed E-state index contributed by atoms with van der Waals surface area (Å²) in [6.07, 6.45) is 0. The molecule has 1 rings (SSSR count). The van der Waals surface area contributed by atoms with Crippen LogP contribution in [0.5, 0.6) is 0 Å². The van der Waals surface area contributed by atoms with Crippen molar-refractivity contribution in [2.75, 3.05) is 13.2 Å². The van der Waals surface area contributed by atoms with Crippen molar-refractivity contribution < 1.29 is 32.4 Å². The average molecular weight is 296 g/mol. The van der Waals surface area contributed by atoms with Crippen molar-refractivity contribution in [3.63, 3.8) is 0 Å². The molecule has 1 amide bonds. The molecule has 0 saturated heterocycles. The molecule has 0 aliphatic carbocycles. The second-order valence-corrected chi connectivity index (χ2v) is 3.71. The molecule has 2 N–H and O–H groups in total. The lowest BCUT2D eigenvalue weighted by Crippen LogP contribution is -2.39. The minimum atomic E-state index is -3.68. The van der Waals surface area contributed by atoms with Crippen LogP contribution in [0.3, 0.4) is 0 Å². The minimum Gasteiger partial charge on any atom is -0.390 e. The van der Waals surface area contributed by atoms with Gasteiger partial charge in [0.1, 0.15) is 18.0 Å². The van der Waals surface area contributed by atoms with Crippen LogP contribution in [0.1, 0.15) is 10.4 Å². The molecule has 10 heteroatoms. The number of aliphatic hydroxyl groups is 1. The second-order valence-electron chi connectivity index (χ2n) is 3.71. The van der Waals surface area contributed by atoms with Gasteiger partial charge in [0.05, 0.1) is 11.5 Å². The van der Waals surface area contributed by atoms with Crippen LogP contribution >= 0.6 is 0 Å². The molecule has 0 unspecified atom stereocenters. The van der Waals surface area contributed by atoms with Gasteiger partial charge in [-0.1, -0.05) is 0 Å². The topological polar surface area (TPSA) is 92.5 Å². The van der Waals surface area contributed by atoms with E-state index in [2.05, 4.69) is 0 Å². The second kappa shape index (κ2) is 5.82. The Morgan fingerprint density at radius 3 is 2.50 bits per heavy atom. The molecule has 110 valence electrons. The number of nitro benzene ring substituents is 1. The number of alkyl halides is 2. The number of nitrogens with one attached hydrogen (secondary N) is 1. The van der Waals surface area contributed by atoms with E-state index < -0.39 is 52.8 Å². The molecular weight excluding hydrogens is 288 g/mol. The van der Waals surface area contributed by atoms with Crippen LogP contribution in [-0.2, 0) is 0 Å². The lowest BCUT2D eigenvalue weighted by atomic mass is 10.1. The minimum absolute atomic E-state index is 0.473. The van der Waals surface area contributed by atoms with Gasteiger partial charge >= 0.3 is 5.69 Å². The maximum atomic E-state index is 13.6. The predicted molar refractivity (Wildman–Crippen MR) is 57.4 cm³/mol. The number of carbonyl (C=O) groups excluding carboxylic acids is 1. The number of carbonyl (C=O) groups is 1. The van der Waals surface area contributed by atoms with Crippen LogP contribution in [-0.4, -0.2) is 35.0 Å². The number of nitrogens with zero attached hydrogens (tertiary/aromatic N) is 1. The lowest BCUT2D eigenvalue weighted by Gasteiger charge is -2.14. The van der Waals surface area contributed by atoms with Crippen molar-refractivity contribution in [3.8, 4) is 0 Å². The van der Waals surface area contributed by atoms with Crippen molar-refractivity contribution in [2.45, 2.75) is 5.92 Å². The fourth-order valence-corrected chi connectivity index (χ4v) is 1.24. The molecular formula is C10H8F4N2O4. The lowest BCUT2D eigenvalue weighted by molar-refractivity contribution is -0.387. The number of halogens is 4. The first kappa shape index (κ1) is 15.8. The molecule has 1 aromatic rings. The molecule has 0 bridgehead atoms. The monoisotopic (exact) mass is 296 g/mol. The third-order valence-corrected chi connectivity index (χ3v) is 2.23. The summed E-state index contributed by atoms with van der Waals surface area (Å²) < 4.78 is 52.2. The summed E-state index contributed by atoms with van der Waals surface area (Å²) in [4.78, 5) is 20.6. The number of amides is 1. The van der Waals surface area contributed by atoms with Gasteiger partial charge in [0.15, 0.2) is 0 Å². The Balaban J connectivity index is 3.04. The Bertz CT molecular complexity index is 550. The maximum Gasteiger partial charge on any atom is 0.305 e. The van der Waals surface area contributed by atoms with Crippen LogP contribution in [0.25, 0.3) is 0 Å². The summed E-state index contributed by atoms with van der Waals surface area (Å²) in [5.41, 5.74) is -2.50. The smallest absolute Gasteiger partial charge is 0.305 e. The fraction of sp³-hybridized carbons (Fsp3) is 0.300. The van der Waals surface area contributed by atoms with Gasteiger partial charge in [0.2, 0.25) is 5.82 Å². The van der Waals surface area contributed by atoms with Gasteiger partial charge in [-0.3, -0.25) is 14.9 Å². The molecule has 6 nitrogen and oxygen atoms in total. The zero-order chi connectivity index (χ0) is 15.5. The summed E-state index contributed by atoms with van der Waals surface area (Å²) in [6, 6.07) is 0.976. The molecule has 0 radical (unpaired) electrons. The Labute approximate surface area is 109 Å². The molecule has 0 fully saturated rings. The van der Waals surface area contributed by atoms with Gasteiger partial charge in [-0.15, -0.1) is 0 Å². The third-order valence-electron chi connectivity index (χ3n) is 2.23. The van der Waals surface area contributed by atoms with Crippen LogP contribution in [0.15, 0.2) is 12.1 Å². The van der Waals surface area contributed by atoms with E-state index in [1.807, 2.05) is 0 Å².